The molecule has 1 aromatic heterocycles. The van der Waals surface area contributed by atoms with E-state index in [1.165, 1.54) is 5.56 Å². The first-order chi connectivity index (χ1) is 6.18. The summed E-state index contributed by atoms with van der Waals surface area (Å²) in [6.45, 7) is 1.82. The number of aliphatic hydroxyl groups is 1. The number of pyridine rings is 1. The Morgan fingerprint density at radius 2 is 2.31 bits per heavy atom. The zero-order chi connectivity index (χ0) is 9.68. The molecule has 1 N–H and O–H groups in total. The average Bonchev–Trinajstić information content (AvgIpc) is 2.03. The predicted molar refractivity (Wildman–Crippen MR) is 56.6 cm³/mol. The number of halogens is 1. The largest absolute Gasteiger partial charge is 0.393 e. The van der Waals surface area contributed by atoms with E-state index in [2.05, 4.69) is 27.0 Å². The van der Waals surface area contributed by atoms with E-state index in [1.807, 2.05) is 13.1 Å². The minimum atomic E-state index is -0.194. The molecule has 1 unspecified atom stereocenters. The number of rotatable bonds is 4. The summed E-state index contributed by atoms with van der Waals surface area (Å²) in [6, 6.07) is 2.06. The molecule has 0 aliphatic rings. The predicted octanol–water partition coefficient (Wildman–Crippen LogP) is 2.55. The molecule has 1 heterocycles. The molecule has 0 spiro atoms. The normalized spacial score (nSPS) is 12.8. The first-order valence-electron chi connectivity index (χ1n) is 4.46. The molecule has 13 heavy (non-hydrogen) atoms. The lowest BCUT2D eigenvalue weighted by atomic mass is 10.1. The second-order valence-corrected chi connectivity index (χ2v) is 4.17. The van der Waals surface area contributed by atoms with Crippen LogP contribution in [0.15, 0.2) is 22.9 Å². The van der Waals surface area contributed by atoms with Gasteiger partial charge in [0.25, 0.3) is 0 Å². The van der Waals surface area contributed by atoms with Crippen LogP contribution in [0.1, 0.15) is 25.3 Å². The van der Waals surface area contributed by atoms with Gasteiger partial charge in [0.15, 0.2) is 0 Å². The van der Waals surface area contributed by atoms with Gasteiger partial charge in [-0.05, 0) is 53.7 Å². The SMILES string of the molecule is CC(O)CCCc1cncc(Br)c1. The number of hydrogen-bond donors (Lipinski definition) is 1. The lowest BCUT2D eigenvalue weighted by Gasteiger charge is -2.03. The molecule has 1 rings (SSSR count). The van der Waals surface area contributed by atoms with Gasteiger partial charge in [0.1, 0.15) is 0 Å². The standard InChI is InChI=1S/C10H14BrNO/c1-8(13)3-2-4-9-5-10(11)7-12-6-9/h5-8,13H,2-4H2,1H3. The molecule has 72 valence electrons. The molecule has 0 radical (unpaired) electrons. The molecule has 3 heteroatoms. The second kappa shape index (κ2) is 5.35. The van der Waals surface area contributed by atoms with Crippen LogP contribution in [0.5, 0.6) is 0 Å². The quantitative estimate of drug-likeness (QED) is 0.882. The van der Waals surface area contributed by atoms with Gasteiger partial charge in [-0.1, -0.05) is 0 Å². The number of nitrogens with zero attached hydrogens (tertiary/aromatic N) is 1. The molecular formula is C10H14BrNO. The Hall–Kier alpha value is -0.410. The highest BCUT2D eigenvalue weighted by Gasteiger charge is 1.98. The van der Waals surface area contributed by atoms with E-state index in [4.69, 9.17) is 5.11 Å². The molecule has 2 nitrogen and oxygen atoms in total. The van der Waals surface area contributed by atoms with Crippen LogP contribution in [0.3, 0.4) is 0 Å². The maximum atomic E-state index is 9.06. The van der Waals surface area contributed by atoms with E-state index in [-0.39, 0.29) is 6.10 Å². The summed E-state index contributed by atoms with van der Waals surface area (Å²) < 4.78 is 1.02. The van der Waals surface area contributed by atoms with Crippen molar-refractivity contribution in [1.29, 1.82) is 0 Å². The Balaban J connectivity index is 2.37. The minimum Gasteiger partial charge on any atom is -0.393 e. The summed E-state index contributed by atoms with van der Waals surface area (Å²) in [4.78, 5) is 4.07. The van der Waals surface area contributed by atoms with Crippen LogP contribution in [-0.2, 0) is 6.42 Å². The van der Waals surface area contributed by atoms with Crippen LogP contribution in [0.4, 0.5) is 0 Å². The van der Waals surface area contributed by atoms with Gasteiger partial charge in [0, 0.05) is 16.9 Å². The Labute approximate surface area is 87.1 Å². The van der Waals surface area contributed by atoms with Gasteiger partial charge >= 0.3 is 0 Å². The molecule has 0 aromatic carbocycles. The third-order valence-electron chi connectivity index (χ3n) is 1.85. The molecule has 1 aromatic rings. The number of aromatic nitrogens is 1. The molecule has 0 bridgehead atoms. The molecule has 0 saturated heterocycles. The highest BCUT2D eigenvalue weighted by atomic mass is 79.9. The van der Waals surface area contributed by atoms with Crippen LogP contribution >= 0.6 is 15.9 Å². The Morgan fingerprint density at radius 3 is 2.92 bits per heavy atom. The summed E-state index contributed by atoms with van der Waals surface area (Å²) in [6.07, 6.45) is 6.30. The Morgan fingerprint density at radius 1 is 1.54 bits per heavy atom. The van der Waals surface area contributed by atoms with E-state index < -0.39 is 0 Å². The fourth-order valence-corrected chi connectivity index (χ4v) is 1.61. The first-order valence-corrected chi connectivity index (χ1v) is 5.25. The van der Waals surface area contributed by atoms with Gasteiger partial charge in [-0.15, -0.1) is 0 Å². The summed E-state index contributed by atoms with van der Waals surface area (Å²) in [7, 11) is 0. The van der Waals surface area contributed by atoms with Gasteiger partial charge in [-0.3, -0.25) is 4.98 Å². The van der Waals surface area contributed by atoms with E-state index in [9.17, 15) is 0 Å². The number of hydrogen-bond acceptors (Lipinski definition) is 2. The molecule has 0 saturated carbocycles. The van der Waals surface area contributed by atoms with Crippen molar-refractivity contribution in [2.45, 2.75) is 32.3 Å². The fourth-order valence-electron chi connectivity index (χ4n) is 1.19. The maximum Gasteiger partial charge on any atom is 0.0512 e. The van der Waals surface area contributed by atoms with Gasteiger partial charge in [0.2, 0.25) is 0 Å². The molecule has 0 aliphatic carbocycles. The molecule has 0 amide bonds. The monoisotopic (exact) mass is 243 g/mol. The second-order valence-electron chi connectivity index (χ2n) is 3.25. The smallest absolute Gasteiger partial charge is 0.0512 e. The van der Waals surface area contributed by atoms with Crippen molar-refractivity contribution in [2.75, 3.05) is 0 Å². The topological polar surface area (TPSA) is 33.1 Å². The van der Waals surface area contributed by atoms with E-state index in [0.717, 1.165) is 23.7 Å². The lowest BCUT2D eigenvalue weighted by molar-refractivity contribution is 0.181. The van der Waals surface area contributed by atoms with Crippen LogP contribution < -0.4 is 0 Å². The Kier molecular flexibility index (Phi) is 4.39. The summed E-state index contributed by atoms with van der Waals surface area (Å²) >= 11 is 3.37. The third kappa shape index (κ3) is 4.39. The van der Waals surface area contributed by atoms with Gasteiger partial charge in [0.05, 0.1) is 6.10 Å². The molecule has 0 fully saturated rings. The van der Waals surface area contributed by atoms with Crippen LogP contribution in [0.2, 0.25) is 0 Å². The summed E-state index contributed by atoms with van der Waals surface area (Å²) in [5.74, 6) is 0. The van der Waals surface area contributed by atoms with Crippen molar-refractivity contribution in [3.05, 3.63) is 28.5 Å². The average molecular weight is 244 g/mol. The van der Waals surface area contributed by atoms with Gasteiger partial charge in [-0.25, -0.2) is 0 Å². The highest BCUT2D eigenvalue weighted by Crippen LogP contribution is 2.12. The zero-order valence-electron chi connectivity index (χ0n) is 7.70. The molecule has 0 aliphatic heterocycles. The van der Waals surface area contributed by atoms with Crippen LogP contribution in [0.25, 0.3) is 0 Å². The van der Waals surface area contributed by atoms with Crippen molar-refractivity contribution >= 4 is 15.9 Å². The van der Waals surface area contributed by atoms with Crippen molar-refractivity contribution in [3.8, 4) is 0 Å². The fraction of sp³-hybridized carbons (Fsp3) is 0.500. The first kappa shape index (κ1) is 10.7. The summed E-state index contributed by atoms with van der Waals surface area (Å²) in [5, 5.41) is 9.06. The highest BCUT2D eigenvalue weighted by molar-refractivity contribution is 9.10. The third-order valence-corrected chi connectivity index (χ3v) is 2.28. The van der Waals surface area contributed by atoms with Gasteiger partial charge in [-0.2, -0.15) is 0 Å². The molecule has 1 atom stereocenters. The maximum absolute atomic E-state index is 9.06. The van der Waals surface area contributed by atoms with Crippen molar-refractivity contribution in [1.82, 2.24) is 4.98 Å². The number of aliphatic hydroxyl groups excluding tert-OH is 1. The number of aryl methyl sites for hydroxylation is 1. The van der Waals surface area contributed by atoms with Gasteiger partial charge < -0.3 is 5.11 Å². The molecular weight excluding hydrogens is 230 g/mol. The van der Waals surface area contributed by atoms with Crippen LogP contribution in [0, 0.1) is 0 Å². The van der Waals surface area contributed by atoms with Crippen LogP contribution in [-0.4, -0.2) is 16.2 Å². The van der Waals surface area contributed by atoms with Crippen molar-refractivity contribution in [3.63, 3.8) is 0 Å². The van der Waals surface area contributed by atoms with E-state index in [0.29, 0.717) is 0 Å². The Bertz CT molecular complexity index is 263. The van der Waals surface area contributed by atoms with Crippen molar-refractivity contribution in [2.24, 2.45) is 0 Å². The zero-order valence-corrected chi connectivity index (χ0v) is 9.29. The summed E-state index contributed by atoms with van der Waals surface area (Å²) in [5.41, 5.74) is 1.22. The lowest BCUT2D eigenvalue weighted by Crippen LogP contribution is -1.99. The van der Waals surface area contributed by atoms with E-state index in [1.54, 1.807) is 6.20 Å². The van der Waals surface area contributed by atoms with Crippen molar-refractivity contribution < 1.29 is 5.11 Å². The minimum absolute atomic E-state index is 0.194. The van der Waals surface area contributed by atoms with E-state index >= 15 is 0 Å².